The van der Waals surface area contributed by atoms with Crippen LogP contribution in [0.4, 0.5) is 0 Å². The Kier molecular flexibility index (Phi) is 7.40. The Morgan fingerprint density at radius 1 is 0.358 bits per heavy atom. The van der Waals surface area contributed by atoms with Crippen LogP contribution in [0.3, 0.4) is 0 Å². The fourth-order valence-electron chi connectivity index (χ4n) is 7.16. The minimum Gasteiger partial charge on any atom is -0.298 e. The van der Waals surface area contributed by atoms with Crippen molar-refractivity contribution >= 4 is 27.6 Å². The molecule has 53 heavy (non-hydrogen) atoms. The van der Waals surface area contributed by atoms with Crippen molar-refractivity contribution in [3.63, 3.8) is 0 Å². The minimum absolute atomic E-state index is 0.692. The summed E-state index contributed by atoms with van der Waals surface area (Å²) in [5, 5.41) is 1.05. The molecule has 0 fully saturated rings. The minimum atomic E-state index is 0.692. The van der Waals surface area contributed by atoms with Gasteiger partial charge in [-0.3, -0.25) is 4.40 Å². The maximum atomic E-state index is 5.16. The van der Waals surface area contributed by atoms with Crippen LogP contribution in [0, 0.1) is 0 Å². The Morgan fingerprint density at radius 3 is 1.70 bits per heavy atom. The average molecular weight is 678 g/mol. The van der Waals surface area contributed by atoms with Gasteiger partial charge >= 0.3 is 0 Å². The van der Waals surface area contributed by atoms with Gasteiger partial charge < -0.3 is 0 Å². The van der Waals surface area contributed by atoms with Crippen LogP contribution in [-0.4, -0.2) is 24.3 Å². The Balaban J connectivity index is 1.03. The van der Waals surface area contributed by atoms with E-state index in [2.05, 4.69) is 138 Å². The summed E-state index contributed by atoms with van der Waals surface area (Å²) < 4.78 is 2.14. The molecule has 0 radical (unpaired) electrons. The summed E-state index contributed by atoms with van der Waals surface area (Å²) in [6, 6.07) is 62.9. The lowest BCUT2D eigenvalue weighted by Gasteiger charge is -2.12. The standard InChI is InChI=1S/C48H31N5/c1-3-12-32(13-4-1)33-23-27-37(28-24-33)48-50-42(35-14-5-2-6-15-35)31-43(51-48)39-17-11-16-38(30-39)34-21-25-36(26-22-34)45-47-46(40-18-7-8-19-41(40)49-45)52-44-20-9-10-29-53(44)47/h1-31H. The van der Waals surface area contributed by atoms with Gasteiger partial charge in [-0.05, 0) is 52.6 Å². The Hall–Kier alpha value is -7.24. The number of para-hydroxylation sites is 1. The number of pyridine rings is 2. The molecule has 10 rings (SSSR count). The van der Waals surface area contributed by atoms with Gasteiger partial charge in [0.15, 0.2) is 5.82 Å². The molecular formula is C48H31N5. The van der Waals surface area contributed by atoms with E-state index in [1.165, 1.54) is 5.56 Å². The van der Waals surface area contributed by atoms with Crippen molar-refractivity contribution < 1.29 is 0 Å². The number of fused-ring (bicyclic) bond motifs is 5. The predicted molar refractivity (Wildman–Crippen MR) is 216 cm³/mol. The summed E-state index contributed by atoms with van der Waals surface area (Å²) in [6.45, 7) is 0. The van der Waals surface area contributed by atoms with E-state index in [0.717, 1.165) is 83.6 Å². The van der Waals surface area contributed by atoms with E-state index < -0.39 is 0 Å². The van der Waals surface area contributed by atoms with Crippen LogP contribution in [-0.2, 0) is 0 Å². The molecule has 0 saturated carbocycles. The van der Waals surface area contributed by atoms with E-state index in [4.69, 9.17) is 19.9 Å². The normalized spacial score (nSPS) is 11.4. The highest BCUT2D eigenvalue weighted by Crippen LogP contribution is 2.35. The van der Waals surface area contributed by atoms with Crippen LogP contribution in [0.25, 0.3) is 95.0 Å². The van der Waals surface area contributed by atoms with Crippen LogP contribution in [0.15, 0.2) is 188 Å². The molecule has 0 saturated heterocycles. The first-order chi connectivity index (χ1) is 26.2. The molecule has 0 bridgehead atoms. The molecule has 0 unspecified atom stereocenters. The second kappa shape index (κ2) is 12.8. The molecule has 5 heteroatoms. The van der Waals surface area contributed by atoms with Crippen LogP contribution in [0.5, 0.6) is 0 Å². The molecule has 10 aromatic rings. The lowest BCUT2D eigenvalue weighted by atomic mass is 9.98. The highest BCUT2D eigenvalue weighted by molar-refractivity contribution is 6.09. The lowest BCUT2D eigenvalue weighted by Crippen LogP contribution is -1.96. The molecule has 0 aliphatic rings. The van der Waals surface area contributed by atoms with Gasteiger partial charge in [-0.15, -0.1) is 0 Å². The zero-order valence-electron chi connectivity index (χ0n) is 28.6. The SMILES string of the molecule is c1ccc(-c2ccc(-c3nc(-c4ccccc4)cc(-c4cccc(-c5ccc(-c6nc7ccccc7c7nc8ccccn8c67)cc5)c4)n3)cc2)cc1. The summed E-state index contributed by atoms with van der Waals surface area (Å²) >= 11 is 0. The molecule has 0 spiro atoms. The van der Waals surface area contributed by atoms with Gasteiger partial charge in [0.1, 0.15) is 11.2 Å². The van der Waals surface area contributed by atoms with E-state index >= 15 is 0 Å². The molecule has 5 nitrogen and oxygen atoms in total. The van der Waals surface area contributed by atoms with Gasteiger partial charge in [-0.25, -0.2) is 19.9 Å². The smallest absolute Gasteiger partial charge is 0.160 e. The number of aromatic nitrogens is 5. The van der Waals surface area contributed by atoms with E-state index in [1.54, 1.807) is 0 Å². The number of hydrogen-bond acceptors (Lipinski definition) is 4. The Bertz CT molecular complexity index is 2920. The van der Waals surface area contributed by atoms with Crippen molar-refractivity contribution in [1.29, 1.82) is 0 Å². The van der Waals surface area contributed by atoms with Crippen LogP contribution < -0.4 is 0 Å². The number of hydrogen-bond donors (Lipinski definition) is 0. The fourth-order valence-corrected chi connectivity index (χ4v) is 7.16. The zero-order valence-corrected chi connectivity index (χ0v) is 28.6. The third-order valence-corrected chi connectivity index (χ3v) is 9.84. The van der Waals surface area contributed by atoms with Crippen LogP contribution in [0.2, 0.25) is 0 Å². The largest absolute Gasteiger partial charge is 0.298 e. The first-order valence-electron chi connectivity index (χ1n) is 17.7. The maximum Gasteiger partial charge on any atom is 0.160 e. The second-order valence-electron chi connectivity index (χ2n) is 13.1. The van der Waals surface area contributed by atoms with Crippen molar-refractivity contribution in [2.45, 2.75) is 0 Å². The predicted octanol–water partition coefficient (Wildman–Crippen LogP) is 11.8. The average Bonchev–Trinajstić information content (AvgIpc) is 3.64. The van der Waals surface area contributed by atoms with E-state index in [9.17, 15) is 0 Å². The Morgan fingerprint density at radius 2 is 0.925 bits per heavy atom. The van der Waals surface area contributed by atoms with Gasteiger partial charge in [-0.1, -0.05) is 152 Å². The van der Waals surface area contributed by atoms with Crippen molar-refractivity contribution in [1.82, 2.24) is 24.3 Å². The van der Waals surface area contributed by atoms with Crippen LogP contribution in [0.1, 0.15) is 0 Å². The quantitative estimate of drug-likeness (QED) is 0.176. The van der Waals surface area contributed by atoms with E-state index in [-0.39, 0.29) is 0 Å². The molecule has 0 aliphatic heterocycles. The van der Waals surface area contributed by atoms with Gasteiger partial charge in [0.2, 0.25) is 0 Å². The molecule has 0 aliphatic carbocycles. The molecule has 4 aromatic heterocycles. The van der Waals surface area contributed by atoms with E-state index in [0.29, 0.717) is 5.82 Å². The molecule has 0 amide bonds. The number of imidazole rings is 1. The summed E-state index contributed by atoms with van der Waals surface area (Å²) in [5.74, 6) is 0.692. The summed E-state index contributed by atoms with van der Waals surface area (Å²) in [5.41, 5.74) is 15.1. The molecule has 248 valence electrons. The molecular weight excluding hydrogens is 647 g/mol. The first kappa shape index (κ1) is 30.6. The third-order valence-electron chi connectivity index (χ3n) is 9.84. The fraction of sp³-hybridized carbons (Fsp3) is 0. The topological polar surface area (TPSA) is 56.0 Å². The zero-order chi connectivity index (χ0) is 35.1. The lowest BCUT2D eigenvalue weighted by molar-refractivity contribution is 1.18. The summed E-state index contributed by atoms with van der Waals surface area (Å²) in [6.07, 6.45) is 2.06. The number of nitrogens with zero attached hydrogens (tertiary/aromatic N) is 5. The monoisotopic (exact) mass is 677 g/mol. The molecule has 4 heterocycles. The third kappa shape index (κ3) is 5.61. The first-order valence-corrected chi connectivity index (χ1v) is 17.7. The maximum absolute atomic E-state index is 5.16. The second-order valence-corrected chi connectivity index (χ2v) is 13.1. The summed E-state index contributed by atoms with van der Waals surface area (Å²) in [7, 11) is 0. The number of benzene rings is 6. The Labute approximate surface area is 306 Å². The van der Waals surface area contributed by atoms with Gasteiger partial charge in [0.05, 0.1) is 28.1 Å². The number of rotatable bonds is 6. The van der Waals surface area contributed by atoms with Crippen LogP contribution >= 0.6 is 0 Å². The van der Waals surface area contributed by atoms with Gasteiger partial charge in [0, 0.05) is 33.8 Å². The van der Waals surface area contributed by atoms with Crippen molar-refractivity contribution in [2.24, 2.45) is 0 Å². The molecule has 0 N–H and O–H groups in total. The van der Waals surface area contributed by atoms with Crippen molar-refractivity contribution in [3.05, 3.63) is 188 Å². The van der Waals surface area contributed by atoms with Crippen molar-refractivity contribution in [3.8, 4) is 67.4 Å². The molecule has 0 atom stereocenters. The highest BCUT2D eigenvalue weighted by Gasteiger charge is 2.17. The molecule has 6 aromatic carbocycles. The van der Waals surface area contributed by atoms with Gasteiger partial charge in [0.25, 0.3) is 0 Å². The van der Waals surface area contributed by atoms with Crippen molar-refractivity contribution in [2.75, 3.05) is 0 Å². The van der Waals surface area contributed by atoms with E-state index in [1.807, 2.05) is 54.6 Å². The summed E-state index contributed by atoms with van der Waals surface area (Å²) in [4.78, 5) is 20.4. The van der Waals surface area contributed by atoms with Gasteiger partial charge in [-0.2, -0.15) is 0 Å². The highest BCUT2D eigenvalue weighted by atomic mass is 15.0.